The molecule has 18 heavy (non-hydrogen) atoms. The Balaban J connectivity index is 1.95. The molecule has 1 aromatic rings. The van der Waals surface area contributed by atoms with Crippen LogP contribution in [0, 0.1) is 5.92 Å². The van der Waals surface area contributed by atoms with Gasteiger partial charge >= 0.3 is 0 Å². The number of hydrogen-bond acceptors (Lipinski definition) is 3. The van der Waals surface area contributed by atoms with E-state index in [0.717, 1.165) is 24.4 Å². The lowest BCUT2D eigenvalue weighted by Crippen LogP contribution is -2.28. The van der Waals surface area contributed by atoms with Crippen molar-refractivity contribution in [3.63, 3.8) is 0 Å². The fraction of sp³-hybridized carbons (Fsp3) is 0.667. The predicted octanol–water partition coefficient (Wildman–Crippen LogP) is 3.86. The zero-order valence-corrected chi connectivity index (χ0v) is 11.5. The van der Waals surface area contributed by atoms with Crippen molar-refractivity contribution in [1.82, 2.24) is 4.98 Å². The summed E-state index contributed by atoms with van der Waals surface area (Å²) in [6, 6.07) is 2.06. The first-order valence-electron chi connectivity index (χ1n) is 7.15. The number of nitrogens with one attached hydrogen (secondary N) is 1. The maximum absolute atomic E-state index is 6.09. The predicted molar refractivity (Wildman–Crippen MR) is 75.1 cm³/mol. The van der Waals surface area contributed by atoms with Gasteiger partial charge in [0.2, 0.25) is 0 Å². The van der Waals surface area contributed by atoms with E-state index in [1.165, 1.54) is 25.7 Å². The lowest BCUT2D eigenvalue weighted by Gasteiger charge is -2.29. The Morgan fingerprint density at radius 2 is 2.17 bits per heavy atom. The molecule has 1 aliphatic carbocycles. The molecule has 1 N–H and O–H groups in total. The summed E-state index contributed by atoms with van der Waals surface area (Å²) in [4.78, 5) is 4.24. The summed E-state index contributed by atoms with van der Waals surface area (Å²) in [5, 5.41) is 3.34. The zero-order chi connectivity index (χ0) is 12.8. The second-order valence-corrected chi connectivity index (χ2v) is 5.25. The van der Waals surface area contributed by atoms with Gasteiger partial charge in [0.25, 0.3) is 0 Å². The standard InChI is InChI=1S/C15H24N2O/c1-3-8-17-13-9-14(11-16-10-13)18-15-7-5-4-6-12(15)2/h9-12,15,17H,3-8H2,1-2H3. The Kier molecular flexibility index (Phi) is 4.85. The van der Waals surface area contributed by atoms with Crippen molar-refractivity contribution >= 4 is 5.69 Å². The van der Waals surface area contributed by atoms with Crippen LogP contribution in [-0.2, 0) is 0 Å². The molecule has 1 aromatic heterocycles. The van der Waals surface area contributed by atoms with Crippen molar-refractivity contribution in [2.75, 3.05) is 11.9 Å². The van der Waals surface area contributed by atoms with E-state index in [1.807, 2.05) is 12.4 Å². The first-order valence-corrected chi connectivity index (χ1v) is 7.15. The van der Waals surface area contributed by atoms with Gasteiger partial charge in [-0.15, -0.1) is 0 Å². The van der Waals surface area contributed by atoms with Crippen LogP contribution in [-0.4, -0.2) is 17.6 Å². The van der Waals surface area contributed by atoms with Crippen molar-refractivity contribution in [2.45, 2.75) is 52.1 Å². The molecule has 0 saturated heterocycles. The Morgan fingerprint density at radius 3 is 2.94 bits per heavy atom. The number of anilines is 1. The third-order valence-electron chi connectivity index (χ3n) is 3.61. The van der Waals surface area contributed by atoms with E-state index in [-0.39, 0.29) is 0 Å². The maximum Gasteiger partial charge on any atom is 0.140 e. The molecule has 0 aromatic carbocycles. The summed E-state index contributed by atoms with van der Waals surface area (Å²) < 4.78 is 6.09. The van der Waals surface area contributed by atoms with E-state index >= 15 is 0 Å². The summed E-state index contributed by atoms with van der Waals surface area (Å²) in [5.41, 5.74) is 1.05. The average Bonchev–Trinajstić information content (AvgIpc) is 2.40. The molecule has 0 amide bonds. The van der Waals surface area contributed by atoms with Gasteiger partial charge in [0.1, 0.15) is 11.9 Å². The molecular formula is C15H24N2O. The van der Waals surface area contributed by atoms with Crippen molar-refractivity contribution in [3.05, 3.63) is 18.5 Å². The van der Waals surface area contributed by atoms with Crippen LogP contribution in [0.25, 0.3) is 0 Å². The van der Waals surface area contributed by atoms with Crippen LogP contribution < -0.4 is 10.1 Å². The summed E-state index contributed by atoms with van der Waals surface area (Å²) >= 11 is 0. The van der Waals surface area contributed by atoms with E-state index in [1.54, 1.807) is 0 Å². The van der Waals surface area contributed by atoms with Gasteiger partial charge in [0.15, 0.2) is 0 Å². The highest BCUT2D eigenvalue weighted by Gasteiger charge is 2.22. The summed E-state index contributed by atoms with van der Waals surface area (Å²) in [7, 11) is 0. The van der Waals surface area contributed by atoms with Crippen LogP contribution in [0.1, 0.15) is 46.0 Å². The molecule has 0 radical (unpaired) electrons. The Bertz CT molecular complexity index is 367. The monoisotopic (exact) mass is 248 g/mol. The van der Waals surface area contributed by atoms with Crippen LogP contribution in [0.4, 0.5) is 5.69 Å². The number of aromatic nitrogens is 1. The third-order valence-corrected chi connectivity index (χ3v) is 3.61. The molecular weight excluding hydrogens is 224 g/mol. The van der Waals surface area contributed by atoms with Crippen molar-refractivity contribution in [2.24, 2.45) is 5.92 Å². The van der Waals surface area contributed by atoms with E-state index < -0.39 is 0 Å². The summed E-state index contributed by atoms with van der Waals surface area (Å²) in [6.07, 6.45) is 10.2. The van der Waals surface area contributed by atoms with Crippen LogP contribution in [0.2, 0.25) is 0 Å². The highest BCUT2D eigenvalue weighted by molar-refractivity contribution is 5.45. The van der Waals surface area contributed by atoms with Crippen molar-refractivity contribution < 1.29 is 4.74 Å². The summed E-state index contributed by atoms with van der Waals surface area (Å²) in [6.45, 7) is 5.42. The van der Waals surface area contributed by atoms with Crippen LogP contribution >= 0.6 is 0 Å². The number of ether oxygens (including phenoxy) is 1. The third kappa shape index (κ3) is 3.62. The molecule has 1 saturated carbocycles. The molecule has 0 spiro atoms. The molecule has 1 fully saturated rings. The molecule has 3 heteroatoms. The van der Waals surface area contributed by atoms with E-state index in [2.05, 4.69) is 30.2 Å². The number of pyridine rings is 1. The quantitative estimate of drug-likeness (QED) is 0.859. The molecule has 2 rings (SSSR count). The second kappa shape index (κ2) is 6.62. The summed E-state index contributed by atoms with van der Waals surface area (Å²) in [5.74, 6) is 1.56. The Morgan fingerprint density at radius 1 is 1.33 bits per heavy atom. The minimum Gasteiger partial charge on any atom is -0.488 e. The van der Waals surface area contributed by atoms with Crippen LogP contribution in [0.5, 0.6) is 5.75 Å². The minimum absolute atomic E-state index is 0.363. The van der Waals surface area contributed by atoms with Crippen molar-refractivity contribution in [1.29, 1.82) is 0 Å². The Hall–Kier alpha value is -1.25. The van der Waals surface area contributed by atoms with Crippen LogP contribution in [0.3, 0.4) is 0 Å². The highest BCUT2D eigenvalue weighted by atomic mass is 16.5. The molecule has 0 aliphatic heterocycles. The SMILES string of the molecule is CCCNc1cncc(OC2CCCCC2C)c1. The van der Waals surface area contributed by atoms with Gasteiger partial charge in [-0.05, 0) is 31.6 Å². The lowest BCUT2D eigenvalue weighted by molar-refractivity contribution is 0.102. The first-order chi connectivity index (χ1) is 8.79. The number of rotatable bonds is 5. The molecule has 3 nitrogen and oxygen atoms in total. The highest BCUT2D eigenvalue weighted by Crippen LogP contribution is 2.28. The van der Waals surface area contributed by atoms with Crippen molar-refractivity contribution in [3.8, 4) is 5.75 Å². The van der Waals surface area contributed by atoms with Gasteiger partial charge in [-0.25, -0.2) is 0 Å². The largest absolute Gasteiger partial charge is 0.488 e. The second-order valence-electron chi connectivity index (χ2n) is 5.25. The molecule has 100 valence electrons. The topological polar surface area (TPSA) is 34.2 Å². The minimum atomic E-state index is 0.363. The molecule has 1 heterocycles. The van der Waals surface area contributed by atoms with Gasteiger partial charge in [-0.3, -0.25) is 4.98 Å². The molecule has 1 aliphatic rings. The van der Waals surface area contributed by atoms with Gasteiger partial charge in [-0.1, -0.05) is 20.3 Å². The van der Waals surface area contributed by atoms with E-state index in [0.29, 0.717) is 12.0 Å². The molecule has 0 bridgehead atoms. The normalized spacial score (nSPS) is 23.7. The van der Waals surface area contributed by atoms with Gasteiger partial charge < -0.3 is 10.1 Å². The Labute approximate surface area is 110 Å². The smallest absolute Gasteiger partial charge is 0.140 e. The number of nitrogens with zero attached hydrogens (tertiary/aromatic N) is 1. The van der Waals surface area contributed by atoms with Gasteiger partial charge in [0, 0.05) is 12.6 Å². The maximum atomic E-state index is 6.09. The molecule has 2 atom stereocenters. The van der Waals surface area contributed by atoms with Gasteiger partial charge in [0.05, 0.1) is 18.1 Å². The van der Waals surface area contributed by atoms with Crippen LogP contribution in [0.15, 0.2) is 18.5 Å². The van der Waals surface area contributed by atoms with E-state index in [4.69, 9.17) is 4.74 Å². The van der Waals surface area contributed by atoms with E-state index in [9.17, 15) is 0 Å². The fourth-order valence-corrected chi connectivity index (χ4v) is 2.48. The zero-order valence-electron chi connectivity index (χ0n) is 11.5. The molecule has 2 unspecified atom stereocenters. The lowest BCUT2D eigenvalue weighted by atomic mass is 9.88. The first kappa shape index (κ1) is 13.2. The fourth-order valence-electron chi connectivity index (χ4n) is 2.48. The average molecular weight is 248 g/mol. The van der Waals surface area contributed by atoms with Gasteiger partial charge in [-0.2, -0.15) is 0 Å². The number of hydrogen-bond donors (Lipinski definition) is 1.